The number of hydrogen-bond acceptors (Lipinski definition) is 5. The monoisotopic (exact) mass is 375 g/mol. The van der Waals surface area contributed by atoms with Crippen molar-refractivity contribution in [1.29, 1.82) is 0 Å². The minimum atomic E-state index is -0.146. The molecule has 0 radical (unpaired) electrons. The molecule has 0 bridgehead atoms. The molecule has 0 fully saturated rings. The van der Waals surface area contributed by atoms with Crippen molar-refractivity contribution < 1.29 is 9.59 Å². The largest absolute Gasteiger partial charge is 0.339 e. The standard InChI is InChI=1S/C21H21N5O2/c1-14-6-3-4-7-16(14)12-21(28)24-20-11-10-19(25-26-20)23-18-9-5-8-17(13-18)22-15(2)27/h3-11,13H,12H2,1-2H3,(H,22,27)(H,23,25)(H,24,26,28). The predicted octanol–water partition coefficient (Wildman–Crippen LogP) is 3.67. The van der Waals surface area contributed by atoms with E-state index in [1.807, 2.05) is 43.3 Å². The average Bonchev–Trinajstić information content (AvgIpc) is 2.65. The molecule has 3 aromatic rings. The fraction of sp³-hybridized carbons (Fsp3) is 0.143. The van der Waals surface area contributed by atoms with Gasteiger partial charge in [0.25, 0.3) is 0 Å². The third-order valence-corrected chi connectivity index (χ3v) is 4.00. The van der Waals surface area contributed by atoms with Crippen LogP contribution in [-0.4, -0.2) is 22.0 Å². The van der Waals surface area contributed by atoms with E-state index in [0.717, 1.165) is 16.8 Å². The minimum Gasteiger partial charge on any atom is -0.339 e. The highest BCUT2D eigenvalue weighted by Gasteiger charge is 2.07. The summed E-state index contributed by atoms with van der Waals surface area (Å²) in [6.07, 6.45) is 0.282. The van der Waals surface area contributed by atoms with Gasteiger partial charge in [0.15, 0.2) is 11.6 Å². The molecule has 1 heterocycles. The Morgan fingerprint density at radius 2 is 1.57 bits per heavy atom. The molecule has 2 amide bonds. The van der Waals surface area contributed by atoms with E-state index in [9.17, 15) is 9.59 Å². The fourth-order valence-corrected chi connectivity index (χ4v) is 2.66. The Balaban J connectivity index is 1.60. The number of hydrogen-bond donors (Lipinski definition) is 3. The van der Waals surface area contributed by atoms with Gasteiger partial charge in [0, 0.05) is 18.3 Å². The van der Waals surface area contributed by atoms with Crippen LogP contribution in [0.25, 0.3) is 0 Å². The number of amides is 2. The second-order valence-corrected chi connectivity index (χ2v) is 6.34. The van der Waals surface area contributed by atoms with Gasteiger partial charge in [-0.2, -0.15) is 0 Å². The first kappa shape index (κ1) is 19.0. The number of nitrogens with zero attached hydrogens (tertiary/aromatic N) is 2. The molecular weight excluding hydrogens is 354 g/mol. The first-order valence-corrected chi connectivity index (χ1v) is 8.82. The topological polar surface area (TPSA) is 96.0 Å². The lowest BCUT2D eigenvalue weighted by Gasteiger charge is -2.09. The number of benzene rings is 2. The molecule has 0 unspecified atom stereocenters. The van der Waals surface area contributed by atoms with Gasteiger partial charge >= 0.3 is 0 Å². The van der Waals surface area contributed by atoms with Gasteiger partial charge in [-0.3, -0.25) is 9.59 Å². The van der Waals surface area contributed by atoms with Crippen LogP contribution in [0.2, 0.25) is 0 Å². The molecule has 3 rings (SSSR count). The van der Waals surface area contributed by atoms with Crippen molar-refractivity contribution in [2.75, 3.05) is 16.0 Å². The molecule has 142 valence electrons. The molecule has 7 nitrogen and oxygen atoms in total. The van der Waals surface area contributed by atoms with Crippen molar-refractivity contribution in [3.05, 3.63) is 71.8 Å². The smallest absolute Gasteiger partial charge is 0.230 e. The first-order valence-electron chi connectivity index (χ1n) is 8.82. The van der Waals surface area contributed by atoms with E-state index in [1.165, 1.54) is 6.92 Å². The highest BCUT2D eigenvalue weighted by molar-refractivity contribution is 5.91. The predicted molar refractivity (Wildman–Crippen MR) is 110 cm³/mol. The molecule has 3 N–H and O–H groups in total. The van der Waals surface area contributed by atoms with Crippen LogP contribution >= 0.6 is 0 Å². The maximum Gasteiger partial charge on any atom is 0.230 e. The summed E-state index contributed by atoms with van der Waals surface area (Å²) in [5, 5.41) is 16.7. The van der Waals surface area contributed by atoms with Gasteiger partial charge in [0.1, 0.15) is 0 Å². The Labute approximate surface area is 163 Å². The van der Waals surface area contributed by atoms with E-state index in [-0.39, 0.29) is 18.2 Å². The summed E-state index contributed by atoms with van der Waals surface area (Å²) >= 11 is 0. The van der Waals surface area contributed by atoms with Crippen LogP contribution in [0.5, 0.6) is 0 Å². The summed E-state index contributed by atoms with van der Waals surface area (Å²) in [7, 11) is 0. The maximum absolute atomic E-state index is 12.2. The summed E-state index contributed by atoms with van der Waals surface area (Å²) in [6.45, 7) is 3.43. The zero-order chi connectivity index (χ0) is 19.9. The number of anilines is 4. The van der Waals surface area contributed by atoms with Crippen molar-refractivity contribution in [2.45, 2.75) is 20.3 Å². The van der Waals surface area contributed by atoms with Crippen molar-refractivity contribution >= 4 is 34.8 Å². The van der Waals surface area contributed by atoms with Crippen LogP contribution in [0.4, 0.5) is 23.0 Å². The summed E-state index contributed by atoms with van der Waals surface area (Å²) in [6, 6.07) is 18.4. The van der Waals surface area contributed by atoms with Crippen LogP contribution in [-0.2, 0) is 16.0 Å². The molecular formula is C21H21N5O2. The van der Waals surface area contributed by atoms with Gasteiger partial charge in [0.05, 0.1) is 6.42 Å². The molecule has 0 atom stereocenters. The Kier molecular flexibility index (Phi) is 5.96. The van der Waals surface area contributed by atoms with Crippen LogP contribution in [0.15, 0.2) is 60.7 Å². The molecule has 0 aliphatic carbocycles. The number of carbonyl (C=O) groups is 2. The van der Waals surface area contributed by atoms with E-state index in [1.54, 1.807) is 24.3 Å². The normalized spacial score (nSPS) is 10.2. The van der Waals surface area contributed by atoms with Gasteiger partial charge in [0.2, 0.25) is 11.8 Å². The lowest BCUT2D eigenvalue weighted by atomic mass is 10.1. The van der Waals surface area contributed by atoms with Gasteiger partial charge in [-0.1, -0.05) is 30.3 Å². The molecule has 7 heteroatoms. The quantitative estimate of drug-likeness (QED) is 0.611. The molecule has 2 aromatic carbocycles. The van der Waals surface area contributed by atoms with Crippen molar-refractivity contribution in [1.82, 2.24) is 10.2 Å². The van der Waals surface area contributed by atoms with Crippen LogP contribution in [0.3, 0.4) is 0 Å². The summed E-state index contributed by atoms with van der Waals surface area (Å²) in [5.41, 5.74) is 3.50. The molecule has 0 spiro atoms. The van der Waals surface area contributed by atoms with Gasteiger partial charge in [-0.25, -0.2) is 0 Å². The van der Waals surface area contributed by atoms with Crippen LogP contribution in [0, 0.1) is 6.92 Å². The minimum absolute atomic E-state index is 0.136. The van der Waals surface area contributed by atoms with Gasteiger partial charge < -0.3 is 16.0 Å². The summed E-state index contributed by atoms with van der Waals surface area (Å²) < 4.78 is 0. The van der Waals surface area contributed by atoms with Crippen LogP contribution < -0.4 is 16.0 Å². The van der Waals surface area contributed by atoms with E-state index >= 15 is 0 Å². The Bertz CT molecular complexity index is 986. The Hall–Kier alpha value is -3.74. The Morgan fingerprint density at radius 1 is 0.857 bits per heavy atom. The number of nitrogens with one attached hydrogen (secondary N) is 3. The zero-order valence-corrected chi connectivity index (χ0v) is 15.7. The van der Waals surface area contributed by atoms with Gasteiger partial charge in [-0.15, -0.1) is 10.2 Å². The Morgan fingerprint density at radius 3 is 2.29 bits per heavy atom. The molecule has 1 aromatic heterocycles. The fourth-order valence-electron chi connectivity index (χ4n) is 2.66. The van der Waals surface area contributed by atoms with E-state index in [2.05, 4.69) is 26.1 Å². The second-order valence-electron chi connectivity index (χ2n) is 6.34. The lowest BCUT2D eigenvalue weighted by Crippen LogP contribution is -2.16. The molecule has 0 aliphatic rings. The van der Waals surface area contributed by atoms with Crippen LogP contribution in [0.1, 0.15) is 18.1 Å². The van der Waals surface area contributed by atoms with E-state index < -0.39 is 0 Å². The maximum atomic E-state index is 12.2. The van der Waals surface area contributed by atoms with E-state index in [0.29, 0.717) is 17.3 Å². The summed E-state index contributed by atoms with van der Waals surface area (Å²) in [5.74, 6) is 0.628. The molecule has 0 aliphatic heterocycles. The SMILES string of the molecule is CC(=O)Nc1cccc(Nc2ccc(NC(=O)Cc3ccccc3C)nn2)c1. The average molecular weight is 375 g/mol. The van der Waals surface area contributed by atoms with Crippen molar-refractivity contribution in [2.24, 2.45) is 0 Å². The van der Waals surface area contributed by atoms with E-state index in [4.69, 9.17) is 0 Å². The number of rotatable bonds is 6. The first-order chi connectivity index (χ1) is 13.5. The number of carbonyl (C=O) groups excluding carboxylic acids is 2. The number of aryl methyl sites for hydroxylation is 1. The van der Waals surface area contributed by atoms with Crippen molar-refractivity contribution in [3.8, 4) is 0 Å². The lowest BCUT2D eigenvalue weighted by molar-refractivity contribution is -0.116. The zero-order valence-electron chi connectivity index (χ0n) is 15.7. The third-order valence-electron chi connectivity index (χ3n) is 4.00. The molecule has 0 saturated carbocycles. The highest BCUT2D eigenvalue weighted by Crippen LogP contribution is 2.19. The van der Waals surface area contributed by atoms with Crippen molar-refractivity contribution in [3.63, 3.8) is 0 Å². The molecule has 0 saturated heterocycles. The number of aromatic nitrogens is 2. The second kappa shape index (κ2) is 8.77. The molecule has 28 heavy (non-hydrogen) atoms. The third kappa shape index (κ3) is 5.38. The summed E-state index contributed by atoms with van der Waals surface area (Å²) in [4.78, 5) is 23.4. The van der Waals surface area contributed by atoms with Gasteiger partial charge in [-0.05, 0) is 48.4 Å². The highest BCUT2D eigenvalue weighted by atomic mass is 16.2.